The van der Waals surface area contributed by atoms with E-state index in [4.69, 9.17) is 16.7 Å². The Kier molecular flexibility index (Phi) is 5.57. The number of halogens is 1. The molecule has 0 aliphatic rings. The molecule has 1 aromatic carbocycles. The summed E-state index contributed by atoms with van der Waals surface area (Å²) in [5.41, 5.74) is 1.74. The minimum absolute atomic E-state index is 0.339. The van der Waals surface area contributed by atoms with E-state index >= 15 is 0 Å². The van der Waals surface area contributed by atoms with E-state index in [9.17, 15) is 9.59 Å². The largest absolute Gasteiger partial charge is 0.480 e. The van der Waals surface area contributed by atoms with Crippen LogP contribution in [0.3, 0.4) is 0 Å². The average molecular weight is 282 g/mol. The molecule has 0 aromatic heterocycles. The number of carbonyl (C=O) groups excluding carboxylic acids is 1. The maximum atomic E-state index is 11.5. The molecule has 0 aliphatic carbocycles. The fraction of sp³-hybridized carbons (Fsp3) is 0.286. The smallest absolute Gasteiger partial charge is 0.326 e. The third kappa shape index (κ3) is 4.75. The van der Waals surface area contributed by atoms with Gasteiger partial charge in [-0.2, -0.15) is 0 Å². The highest BCUT2D eigenvalue weighted by molar-refractivity contribution is 6.31. The third-order valence-electron chi connectivity index (χ3n) is 2.65. The molecule has 0 spiro atoms. The SMILES string of the molecule is CC[C@@H](NC(=O)C=Cc1ccc(C)c(Cl)c1)C(=O)O. The van der Waals surface area contributed by atoms with Gasteiger partial charge in [0.2, 0.25) is 5.91 Å². The van der Waals surface area contributed by atoms with Crippen molar-refractivity contribution in [2.75, 3.05) is 0 Å². The summed E-state index contributed by atoms with van der Waals surface area (Å²) in [6, 6.07) is 4.57. The number of hydrogen-bond acceptors (Lipinski definition) is 2. The molecule has 0 bridgehead atoms. The molecule has 0 fully saturated rings. The van der Waals surface area contributed by atoms with Gasteiger partial charge < -0.3 is 10.4 Å². The summed E-state index contributed by atoms with van der Waals surface area (Å²) in [7, 11) is 0. The van der Waals surface area contributed by atoms with Gasteiger partial charge in [-0.15, -0.1) is 0 Å². The lowest BCUT2D eigenvalue weighted by Gasteiger charge is -2.09. The summed E-state index contributed by atoms with van der Waals surface area (Å²) in [6.07, 6.45) is 3.23. The molecule has 102 valence electrons. The molecule has 19 heavy (non-hydrogen) atoms. The Hall–Kier alpha value is -1.81. The van der Waals surface area contributed by atoms with E-state index in [0.717, 1.165) is 11.1 Å². The van der Waals surface area contributed by atoms with Gasteiger partial charge in [-0.05, 0) is 36.6 Å². The molecule has 0 aliphatic heterocycles. The number of hydrogen-bond donors (Lipinski definition) is 2. The second kappa shape index (κ2) is 6.95. The molecule has 0 saturated heterocycles. The van der Waals surface area contributed by atoms with Crippen molar-refractivity contribution >= 4 is 29.6 Å². The van der Waals surface area contributed by atoms with Crippen LogP contribution >= 0.6 is 11.6 Å². The van der Waals surface area contributed by atoms with Crippen molar-refractivity contribution in [1.29, 1.82) is 0 Å². The van der Waals surface area contributed by atoms with E-state index in [-0.39, 0.29) is 0 Å². The van der Waals surface area contributed by atoms with Gasteiger partial charge in [0.05, 0.1) is 0 Å². The maximum absolute atomic E-state index is 11.5. The molecule has 0 heterocycles. The zero-order valence-electron chi connectivity index (χ0n) is 10.8. The second-order valence-corrected chi connectivity index (χ2v) is 4.56. The first-order valence-corrected chi connectivity index (χ1v) is 6.29. The number of aliphatic carboxylic acids is 1. The molecule has 0 unspecified atom stereocenters. The topological polar surface area (TPSA) is 66.4 Å². The Bertz CT molecular complexity index is 511. The minimum atomic E-state index is -1.04. The van der Waals surface area contributed by atoms with Crippen LogP contribution in [0.15, 0.2) is 24.3 Å². The Morgan fingerprint density at radius 2 is 2.16 bits per heavy atom. The summed E-state index contributed by atoms with van der Waals surface area (Å²) >= 11 is 5.97. The first-order chi connectivity index (χ1) is 8.93. The zero-order valence-corrected chi connectivity index (χ0v) is 11.6. The van der Waals surface area contributed by atoms with Crippen LogP contribution in [0.1, 0.15) is 24.5 Å². The first-order valence-electron chi connectivity index (χ1n) is 5.91. The van der Waals surface area contributed by atoms with Crippen molar-refractivity contribution in [2.24, 2.45) is 0 Å². The van der Waals surface area contributed by atoms with E-state index in [1.54, 1.807) is 19.1 Å². The highest BCUT2D eigenvalue weighted by Crippen LogP contribution is 2.17. The molecule has 1 atom stereocenters. The maximum Gasteiger partial charge on any atom is 0.326 e. The monoisotopic (exact) mass is 281 g/mol. The molecule has 4 nitrogen and oxygen atoms in total. The Morgan fingerprint density at radius 1 is 1.47 bits per heavy atom. The van der Waals surface area contributed by atoms with Crippen LogP contribution in [0.2, 0.25) is 5.02 Å². The van der Waals surface area contributed by atoms with Crippen molar-refractivity contribution in [3.8, 4) is 0 Å². The summed E-state index contributed by atoms with van der Waals surface area (Å²) in [5.74, 6) is -1.48. The number of amides is 1. The number of nitrogens with one attached hydrogen (secondary N) is 1. The van der Waals surface area contributed by atoms with Gasteiger partial charge >= 0.3 is 5.97 Å². The van der Waals surface area contributed by atoms with Crippen LogP contribution in [0.25, 0.3) is 6.08 Å². The Morgan fingerprint density at radius 3 is 2.68 bits per heavy atom. The van der Waals surface area contributed by atoms with Gasteiger partial charge in [-0.25, -0.2) is 4.79 Å². The molecule has 0 saturated carbocycles. The van der Waals surface area contributed by atoms with Gasteiger partial charge in [0.15, 0.2) is 0 Å². The van der Waals surface area contributed by atoms with E-state index in [1.165, 1.54) is 6.08 Å². The molecule has 1 aromatic rings. The lowest BCUT2D eigenvalue weighted by molar-refractivity contribution is -0.141. The van der Waals surface area contributed by atoms with Gasteiger partial charge in [0.25, 0.3) is 0 Å². The number of carboxylic acid groups (broad SMARTS) is 1. The highest BCUT2D eigenvalue weighted by atomic mass is 35.5. The second-order valence-electron chi connectivity index (χ2n) is 4.15. The van der Waals surface area contributed by atoms with Gasteiger partial charge in [0, 0.05) is 11.1 Å². The number of carboxylic acids is 1. The van der Waals surface area contributed by atoms with Crippen LogP contribution in [0.4, 0.5) is 0 Å². The molecule has 1 rings (SSSR count). The summed E-state index contributed by atoms with van der Waals surface area (Å²) < 4.78 is 0. The van der Waals surface area contributed by atoms with Crippen molar-refractivity contribution in [1.82, 2.24) is 5.32 Å². The van der Waals surface area contributed by atoms with Crippen LogP contribution < -0.4 is 5.32 Å². The Labute approximate surface area is 117 Å². The minimum Gasteiger partial charge on any atom is -0.480 e. The molecular formula is C14H16ClNO3. The lowest BCUT2D eigenvalue weighted by Crippen LogP contribution is -2.39. The normalized spacial score (nSPS) is 12.4. The predicted molar refractivity (Wildman–Crippen MR) is 75.1 cm³/mol. The Balaban J connectivity index is 2.68. The molecular weight excluding hydrogens is 266 g/mol. The molecule has 5 heteroatoms. The quantitative estimate of drug-likeness (QED) is 0.816. The highest BCUT2D eigenvalue weighted by Gasteiger charge is 2.15. The lowest BCUT2D eigenvalue weighted by atomic mass is 10.1. The first kappa shape index (κ1) is 15.2. The van der Waals surface area contributed by atoms with E-state index in [1.807, 2.05) is 19.1 Å². The van der Waals surface area contributed by atoms with E-state index in [0.29, 0.717) is 11.4 Å². The van der Waals surface area contributed by atoms with Crippen LogP contribution in [0, 0.1) is 6.92 Å². The predicted octanol–water partition coefficient (Wildman–Crippen LogP) is 2.64. The standard InChI is InChI=1S/C14H16ClNO3/c1-3-12(14(18)19)16-13(17)7-6-10-5-4-9(2)11(15)8-10/h4-8,12H,3H2,1-2H3,(H,16,17)(H,18,19)/t12-/m1/s1. The molecule has 1 amide bonds. The fourth-order valence-electron chi connectivity index (χ4n) is 1.44. The van der Waals surface area contributed by atoms with Crippen molar-refractivity contribution < 1.29 is 14.7 Å². The van der Waals surface area contributed by atoms with Crippen LogP contribution in [-0.2, 0) is 9.59 Å². The van der Waals surface area contributed by atoms with E-state index in [2.05, 4.69) is 5.32 Å². The summed E-state index contributed by atoms with van der Waals surface area (Å²) in [5, 5.41) is 11.8. The average Bonchev–Trinajstić information content (AvgIpc) is 2.37. The number of aryl methyl sites for hydroxylation is 1. The number of benzene rings is 1. The number of carbonyl (C=O) groups is 2. The summed E-state index contributed by atoms with van der Waals surface area (Å²) in [4.78, 5) is 22.3. The molecule has 0 radical (unpaired) electrons. The zero-order chi connectivity index (χ0) is 14.4. The van der Waals surface area contributed by atoms with Crippen LogP contribution in [-0.4, -0.2) is 23.0 Å². The third-order valence-corrected chi connectivity index (χ3v) is 3.05. The number of rotatable bonds is 5. The van der Waals surface area contributed by atoms with E-state index < -0.39 is 17.9 Å². The molecule has 2 N–H and O–H groups in total. The van der Waals surface area contributed by atoms with Crippen molar-refractivity contribution in [3.63, 3.8) is 0 Å². The van der Waals surface area contributed by atoms with Gasteiger partial charge in [-0.1, -0.05) is 30.7 Å². The van der Waals surface area contributed by atoms with Crippen molar-refractivity contribution in [2.45, 2.75) is 26.3 Å². The summed E-state index contributed by atoms with van der Waals surface area (Å²) in [6.45, 7) is 3.59. The van der Waals surface area contributed by atoms with Gasteiger partial charge in [0.1, 0.15) is 6.04 Å². The van der Waals surface area contributed by atoms with Crippen molar-refractivity contribution in [3.05, 3.63) is 40.4 Å². The van der Waals surface area contributed by atoms with Crippen LogP contribution in [0.5, 0.6) is 0 Å². The fourth-order valence-corrected chi connectivity index (χ4v) is 1.63. The van der Waals surface area contributed by atoms with Gasteiger partial charge in [-0.3, -0.25) is 4.79 Å².